The number of halogens is 1. The molecule has 3 rings (SSSR count). The monoisotopic (exact) mass is 401 g/mol. The van der Waals surface area contributed by atoms with Gasteiger partial charge in [0.1, 0.15) is 11.6 Å². The minimum atomic E-state index is -0.187. The summed E-state index contributed by atoms with van der Waals surface area (Å²) < 4.78 is 15.5. The van der Waals surface area contributed by atoms with E-state index in [-0.39, 0.29) is 5.82 Å². The lowest BCUT2D eigenvalue weighted by Gasteiger charge is -2.24. The summed E-state index contributed by atoms with van der Waals surface area (Å²) in [6.07, 6.45) is 2.45. The number of benzene rings is 1. The molecule has 29 heavy (non-hydrogen) atoms. The summed E-state index contributed by atoms with van der Waals surface area (Å²) in [5, 5.41) is 15.2. The molecule has 158 valence electrons. The minimum absolute atomic E-state index is 0.187. The van der Waals surface area contributed by atoms with Gasteiger partial charge in [0.15, 0.2) is 11.8 Å². The number of hydrogen-bond donors (Lipinski definition) is 2. The number of rotatable bonds is 7. The molecule has 0 amide bonds. The van der Waals surface area contributed by atoms with E-state index in [9.17, 15) is 4.39 Å². The van der Waals surface area contributed by atoms with Crippen molar-refractivity contribution in [2.45, 2.75) is 52.7 Å². The molecule has 1 atom stereocenters. The average Bonchev–Trinajstić information content (AvgIpc) is 3.30. The van der Waals surface area contributed by atoms with Gasteiger partial charge in [-0.2, -0.15) is 0 Å². The van der Waals surface area contributed by atoms with Crippen LogP contribution in [0.1, 0.15) is 42.5 Å². The number of hydrogen-bond acceptors (Lipinski definition) is 4. The number of aryl methyl sites for hydroxylation is 2. The maximum absolute atomic E-state index is 13.5. The summed E-state index contributed by atoms with van der Waals surface area (Å²) in [6.45, 7) is 10.0. The highest BCUT2D eigenvalue weighted by Crippen LogP contribution is 2.15. The van der Waals surface area contributed by atoms with Crippen molar-refractivity contribution in [1.29, 1.82) is 0 Å². The SMILES string of the molecule is CCN1CCCC1CNC(=NCc1ccc(F)c(C)c1)NCc1nnc(C)n1C. The summed E-state index contributed by atoms with van der Waals surface area (Å²) in [5.74, 6) is 2.27. The van der Waals surface area contributed by atoms with Crippen LogP contribution in [0.4, 0.5) is 4.39 Å². The molecular formula is C21H32FN7. The lowest BCUT2D eigenvalue weighted by Crippen LogP contribution is -2.44. The van der Waals surface area contributed by atoms with E-state index < -0.39 is 0 Å². The normalized spacial score (nSPS) is 17.7. The molecule has 0 saturated carbocycles. The largest absolute Gasteiger partial charge is 0.355 e. The van der Waals surface area contributed by atoms with Crippen LogP contribution in [0.15, 0.2) is 23.2 Å². The lowest BCUT2D eigenvalue weighted by atomic mass is 10.1. The van der Waals surface area contributed by atoms with Gasteiger partial charge in [0, 0.05) is 19.6 Å². The first-order valence-electron chi connectivity index (χ1n) is 10.3. The zero-order valence-electron chi connectivity index (χ0n) is 17.9. The Balaban J connectivity index is 1.67. The molecule has 7 nitrogen and oxygen atoms in total. The Bertz CT molecular complexity index is 846. The zero-order valence-corrected chi connectivity index (χ0v) is 17.9. The fourth-order valence-electron chi connectivity index (χ4n) is 3.67. The Morgan fingerprint density at radius 3 is 2.79 bits per heavy atom. The number of likely N-dealkylation sites (N-methyl/N-ethyl adjacent to an activating group) is 1. The zero-order chi connectivity index (χ0) is 20.8. The second-order valence-corrected chi connectivity index (χ2v) is 7.63. The van der Waals surface area contributed by atoms with Crippen LogP contribution in [0.2, 0.25) is 0 Å². The molecule has 0 radical (unpaired) electrons. The van der Waals surface area contributed by atoms with Crippen molar-refractivity contribution < 1.29 is 4.39 Å². The first-order chi connectivity index (χ1) is 14.0. The van der Waals surface area contributed by atoms with Gasteiger partial charge in [0.05, 0.1) is 13.1 Å². The van der Waals surface area contributed by atoms with Crippen LogP contribution in [0.5, 0.6) is 0 Å². The third-order valence-corrected chi connectivity index (χ3v) is 5.65. The molecule has 0 aliphatic carbocycles. The molecule has 1 aromatic carbocycles. The van der Waals surface area contributed by atoms with Gasteiger partial charge in [-0.3, -0.25) is 4.90 Å². The highest BCUT2D eigenvalue weighted by Gasteiger charge is 2.22. The maximum Gasteiger partial charge on any atom is 0.192 e. The summed E-state index contributed by atoms with van der Waals surface area (Å²) in [7, 11) is 1.95. The second-order valence-electron chi connectivity index (χ2n) is 7.63. The van der Waals surface area contributed by atoms with Crippen LogP contribution in [0.3, 0.4) is 0 Å². The van der Waals surface area contributed by atoms with E-state index in [4.69, 9.17) is 4.99 Å². The summed E-state index contributed by atoms with van der Waals surface area (Å²) in [5.41, 5.74) is 1.62. The molecular weight excluding hydrogens is 369 g/mol. The van der Waals surface area contributed by atoms with Crippen LogP contribution in [-0.4, -0.2) is 51.3 Å². The molecule has 1 unspecified atom stereocenters. The molecule has 0 bridgehead atoms. The first-order valence-corrected chi connectivity index (χ1v) is 10.3. The van der Waals surface area contributed by atoms with Gasteiger partial charge in [-0.05, 0) is 57.0 Å². The summed E-state index contributed by atoms with van der Waals surface area (Å²) >= 11 is 0. The van der Waals surface area contributed by atoms with E-state index >= 15 is 0 Å². The van der Waals surface area contributed by atoms with E-state index in [1.807, 2.05) is 24.6 Å². The van der Waals surface area contributed by atoms with Gasteiger partial charge in [-0.15, -0.1) is 10.2 Å². The van der Waals surface area contributed by atoms with Gasteiger partial charge in [0.25, 0.3) is 0 Å². The number of likely N-dealkylation sites (tertiary alicyclic amines) is 1. The van der Waals surface area contributed by atoms with Gasteiger partial charge in [-0.1, -0.05) is 19.1 Å². The molecule has 1 saturated heterocycles. The number of guanidine groups is 1. The Kier molecular flexibility index (Phi) is 7.19. The van der Waals surface area contributed by atoms with Crippen molar-refractivity contribution in [3.05, 3.63) is 46.8 Å². The molecule has 2 heterocycles. The smallest absolute Gasteiger partial charge is 0.192 e. The Labute approximate surface area is 172 Å². The van der Waals surface area contributed by atoms with E-state index in [0.29, 0.717) is 24.7 Å². The topological polar surface area (TPSA) is 70.4 Å². The Morgan fingerprint density at radius 1 is 1.28 bits per heavy atom. The van der Waals surface area contributed by atoms with Gasteiger partial charge in [-0.25, -0.2) is 9.38 Å². The third-order valence-electron chi connectivity index (χ3n) is 5.65. The van der Waals surface area contributed by atoms with Gasteiger partial charge < -0.3 is 15.2 Å². The highest BCUT2D eigenvalue weighted by molar-refractivity contribution is 5.79. The molecule has 1 aliphatic heterocycles. The standard InChI is InChI=1S/C21H32FN7/c1-5-29-10-6-7-18(29)13-24-21(25-14-20-27-26-16(3)28(20)4)23-12-17-8-9-19(22)15(2)11-17/h8-9,11,18H,5-7,10,12-14H2,1-4H3,(H2,23,24,25). The number of aliphatic imine (C=N–C) groups is 1. The van der Waals surface area contributed by atoms with Crippen molar-refractivity contribution in [1.82, 2.24) is 30.3 Å². The lowest BCUT2D eigenvalue weighted by molar-refractivity contribution is 0.267. The number of aromatic nitrogens is 3. The van der Waals surface area contributed by atoms with Crippen LogP contribution in [0, 0.1) is 19.7 Å². The van der Waals surface area contributed by atoms with Crippen LogP contribution in [-0.2, 0) is 20.1 Å². The summed E-state index contributed by atoms with van der Waals surface area (Å²) in [6, 6.07) is 5.65. The Hall–Kier alpha value is -2.48. The molecule has 2 N–H and O–H groups in total. The third kappa shape index (κ3) is 5.53. The molecule has 8 heteroatoms. The first kappa shape index (κ1) is 21.2. The fourth-order valence-corrected chi connectivity index (χ4v) is 3.67. The van der Waals surface area contributed by atoms with E-state index in [1.165, 1.54) is 18.9 Å². The van der Waals surface area contributed by atoms with E-state index in [1.54, 1.807) is 13.0 Å². The van der Waals surface area contributed by atoms with Crippen molar-refractivity contribution in [3.8, 4) is 0 Å². The number of nitrogens with zero attached hydrogens (tertiary/aromatic N) is 5. The van der Waals surface area contributed by atoms with Crippen LogP contribution in [0.25, 0.3) is 0 Å². The predicted molar refractivity (Wildman–Crippen MR) is 113 cm³/mol. The van der Waals surface area contributed by atoms with Crippen molar-refractivity contribution in [2.75, 3.05) is 19.6 Å². The van der Waals surface area contributed by atoms with Crippen molar-refractivity contribution in [3.63, 3.8) is 0 Å². The van der Waals surface area contributed by atoms with Gasteiger partial charge in [0.2, 0.25) is 0 Å². The van der Waals surface area contributed by atoms with Crippen LogP contribution >= 0.6 is 0 Å². The molecule has 1 aliphatic rings. The van der Waals surface area contributed by atoms with Crippen molar-refractivity contribution in [2.24, 2.45) is 12.0 Å². The quantitative estimate of drug-likeness (QED) is 0.550. The van der Waals surface area contributed by atoms with E-state index in [2.05, 4.69) is 32.7 Å². The molecule has 0 spiro atoms. The second kappa shape index (κ2) is 9.82. The minimum Gasteiger partial charge on any atom is -0.355 e. The van der Waals surface area contributed by atoms with Crippen molar-refractivity contribution >= 4 is 5.96 Å². The van der Waals surface area contributed by atoms with Gasteiger partial charge >= 0.3 is 0 Å². The predicted octanol–water partition coefficient (Wildman–Crippen LogP) is 2.29. The van der Waals surface area contributed by atoms with E-state index in [0.717, 1.165) is 42.8 Å². The fraction of sp³-hybridized carbons (Fsp3) is 0.571. The molecule has 1 aromatic heterocycles. The average molecular weight is 402 g/mol. The van der Waals surface area contributed by atoms with Crippen LogP contribution < -0.4 is 10.6 Å². The summed E-state index contributed by atoms with van der Waals surface area (Å²) in [4.78, 5) is 7.22. The maximum atomic E-state index is 13.5. The molecule has 2 aromatic rings. The Morgan fingerprint density at radius 2 is 2.10 bits per heavy atom. The highest BCUT2D eigenvalue weighted by atomic mass is 19.1. The molecule has 1 fully saturated rings. The number of nitrogens with one attached hydrogen (secondary N) is 2.